The van der Waals surface area contributed by atoms with Crippen LogP contribution < -0.4 is 4.90 Å². The molecule has 3 rings (SSSR count). The lowest BCUT2D eigenvalue weighted by Gasteiger charge is -2.29. The highest BCUT2D eigenvalue weighted by atomic mass is 35.5. The van der Waals surface area contributed by atoms with E-state index in [1.54, 1.807) is 0 Å². The summed E-state index contributed by atoms with van der Waals surface area (Å²) in [6.07, 6.45) is 3.44. The monoisotopic (exact) mass is 329 g/mol. The normalized spacial score (nSPS) is 16.9. The molecule has 0 unspecified atom stereocenters. The van der Waals surface area contributed by atoms with Crippen molar-refractivity contribution in [3.63, 3.8) is 0 Å². The highest BCUT2D eigenvalue weighted by Crippen LogP contribution is 2.29. The van der Waals surface area contributed by atoms with Crippen LogP contribution in [-0.4, -0.2) is 55.3 Å². The van der Waals surface area contributed by atoms with Crippen molar-refractivity contribution in [1.82, 2.24) is 19.9 Å². The summed E-state index contributed by atoms with van der Waals surface area (Å²) in [5, 5.41) is 0.963. The molecule has 1 fully saturated rings. The van der Waals surface area contributed by atoms with E-state index in [2.05, 4.69) is 24.8 Å². The Bertz CT molecular complexity index is 635. The van der Waals surface area contributed by atoms with Crippen LogP contribution in [-0.2, 0) is 11.2 Å². The molecule has 0 amide bonds. The van der Waals surface area contributed by atoms with Crippen LogP contribution in [0.25, 0.3) is 11.0 Å². The van der Waals surface area contributed by atoms with Gasteiger partial charge in [0.15, 0.2) is 5.82 Å². The molecular weight excluding hydrogens is 318 g/mol. The highest BCUT2D eigenvalue weighted by molar-refractivity contribution is 7.98. The molecule has 0 saturated carbocycles. The van der Waals surface area contributed by atoms with Gasteiger partial charge >= 0.3 is 0 Å². The summed E-state index contributed by atoms with van der Waals surface area (Å²) >= 11 is 6.79. The van der Waals surface area contributed by atoms with Crippen LogP contribution >= 0.6 is 23.4 Å². The first-order valence-corrected chi connectivity index (χ1v) is 9.10. The second kappa shape index (κ2) is 5.88. The van der Waals surface area contributed by atoms with E-state index in [1.807, 2.05) is 6.26 Å². The van der Waals surface area contributed by atoms with E-state index in [4.69, 9.17) is 11.6 Å². The number of fused-ring (bicyclic) bond motifs is 1. The third kappa shape index (κ3) is 2.65. The molecular formula is C11H12ClN5OS2. The smallest absolute Gasteiger partial charge is 0.225 e. The fourth-order valence-corrected chi connectivity index (χ4v) is 3.81. The lowest BCUT2D eigenvalue weighted by Crippen LogP contribution is -2.41. The largest absolute Gasteiger partial charge is 0.616 e. The molecule has 0 radical (unpaired) electrons. The first kappa shape index (κ1) is 14.1. The molecule has 3 heterocycles. The Morgan fingerprint density at radius 3 is 2.70 bits per heavy atom. The summed E-state index contributed by atoms with van der Waals surface area (Å²) in [6.45, 7) is 1.38. The van der Waals surface area contributed by atoms with Gasteiger partial charge in [-0.15, -0.1) is 11.8 Å². The van der Waals surface area contributed by atoms with Gasteiger partial charge in [0.05, 0.1) is 13.1 Å². The van der Waals surface area contributed by atoms with Gasteiger partial charge in [-0.2, -0.15) is 4.98 Å². The zero-order chi connectivity index (χ0) is 14.1. The number of rotatable bonds is 2. The van der Waals surface area contributed by atoms with Crippen LogP contribution in [0.15, 0.2) is 11.4 Å². The summed E-state index contributed by atoms with van der Waals surface area (Å²) in [5.74, 6) is 1.99. The van der Waals surface area contributed by atoms with Crippen molar-refractivity contribution in [2.75, 3.05) is 35.8 Å². The minimum Gasteiger partial charge on any atom is -0.616 e. The number of hydrogen-bond donors (Lipinski definition) is 0. The third-order valence-corrected chi connectivity index (χ3v) is 5.20. The summed E-state index contributed by atoms with van der Waals surface area (Å²) in [5.41, 5.74) is 1.36. The Kier molecular flexibility index (Phi) is 4.16. The minimum atomic E-state index is -0.735. The Balaban J connectivity index is 2.10. The van der Waals surface area contributed by atoms with Gasteiger partial charge in [-0.1, -0.05) is 11.2 Å². The van der Waals surface area contributed by atoms with Gasteiger partial charge in [0.25, 0.3) is 0 Å². The van der Waals surface area contributed by atoms with Crippen molar-refractivity contribution in [2.45, 2.75) is 5.03 Å². The zero-order valence-corrected chi connectivity index (χ0v) is 13.1. The van der Waals surface area contributed by atoms with Gasteiger partial charge in [0.1, 0.15) is 33.9 Å². The second-order valence-electron chi connectivity index (χ2n) is 4.23. The van der Waals surface area contributed by atoms with Crippen LogP contribution in [0.1, 0.15) is 0 Å². The van der Waals surface area contributed by atoms with E-state index >= 15 is 0 Å². The molecule has 0 aliphatic carbocycles. The third-order valence-electron chi connectivity index (χ3n) is 3.07. The van der Waals surface area contributed by atoms with Crippen LogP contribution in [0.4, 0.5) is 5.82 Å². The number of thioether (sulfide) groups is 1. The molecule has 1 aliphatic rings. The maximum atomic E-state index is 11.5. The predicted molar refractivity (Wildman–Crippen MR) is 82.0 cm³/mol. The standard InChI is InChI=1S/C11H12ClN5OS2/c1-19-10-8-7(13-6-14-10)9(16-11(12)15-8)17-2-4-20(18)5-3-17/h6H,2-5H2,1H3. The molecule has 1 saturated heterocycles. The van der Waals surface area contributed by atoms with Crippen molar-refractivity contribution in [1.29, 1.82) is 0 Å². The topological polar surface area (TPSA) is 77.9 Å². The highest BCUT2D eigenvalue weighted by Gasteiger charge is 2.24. The SMILES string of the molecule is CSc1ncnc2c(N3CC[S+]([O-])CC3)nc(Cl)nc12. The number of aromatic nitrogens is 4. The van der Waals surface area contributed by atoms with Gasteiger partial charge in [0.2, 0.25) is 5.28 Å². The number of nitrogens with zero attached hydrogens (tertiary/aromatic N) is 5. The van der Waals surface area contributed by atoms with Gasteiger partial charge in [0, 0.05) is 0 Å². The lowest BCUT2D eigenvalue weighted by molar-refractivity contribution is 0.585. The average Bonchev–Trinajstić information content (AvgIpc) is 2.46. The average molecular weight is 330 g/mol. The first-order chi connectivity index (χ1) is 9.69. The molecule has 0 spiro atoms. The maximum Gasteiger partial charge on any atom is 0.225 e. The minimum absolute atomic E-state index is 0.185. The van der Waals surface area contributed by atoms with Gasteiger partial charge in [-0.3, -0.25) is 0 Å². The molecule has 0 N–H and O–H groups in total. The summed E-state index contributed by atoms with van der Waals surface area (Å²) in [6, 6.07) is 0. The number of anilines is 1. The molecule has 0 aromatic carbocycles. The first-order valence-electron chi connectivity index (χ1n) is 6.01. The van der Waals surface area contributed by atoms with Gasteiger partial charge < -0.3 is 9.45 Å². The molecule has 0 atom stereocenters. The van der Waals surface area contributed by atoms with E-state index in [-0.39, 0.29) is 5.28 Å². The van der Waals surface area contributed by atoms with Crippen molar-refractivity contribution < 1.29 is 4.55 Å². The zero-order valence-electron chi connectivity index (χ0n) is 10.7. The van der Waals surface area contributed by atoms with E-state index < -0.39 is 11.2 Å². The molecule has 20 heavy (non-hydrogen) atoms. The molecule has 2 aromatic heterocycles. The fourth-order valence-electron chi connectivity index (χ4n) is 2.10. The van der Waals surface area contributed by atoms with E-state index in [1.165, 1.54) is 18.1 Å². The molecule has 2 aromatic rings. The van der Waals surface area contributed by atoms with E-state index in [9.17, 15) is 4.55 Å². The predicted octanol–water partition coefficient (Wildman–Crippen LogP) is 1.36. The lowest BCUT2D eigenvalue weighted by atomic mass is 10.3. The van der Waals surface area contributed by atoms with Crippen LogP contribution in [0, 0.1) is 0 Å². The van der Waals surface area contributed by atoms with Crippen molar-refractivity contribution >= 4 is 51.4 Å². The van der Waals surface area contributed by atoms with Crippen molar-refractivity contribution in [3.8, 4) is 0 Å². The molecule has 106 valence electrons. The Morgan fingerprint density at radius 1 is 1.25 bits per heavy atom. The van der Waals surface area contributed by atoms with Crippen LogP contribution in [0.2, 0.25) is 5.28 Å². The summed E-state index contributed by atoms with van der Waals surface area (Å²) in [4.78, 5) is 19.1. The van der Waals surface area contributed by atoms with Crippen LogP contribution in [0.5, 0.6) is 0 Å². The summed E-state index contributed by atoms with van der Waals surface area (Å²) in [7, 11) is 0. The number of halogens is 1. The van der Waals surface area contributed by atoms with Gasteiger partial charge in [-0.05, 0) is 17.9 Å². The summed E-state index contributed by atoms with van der Waals surface area (Å²) < 4.78 is 11.5. The second-order valence-corrected chi connectivity index (χ2v) is 7.06. The molecule has 0 bridgehead atoms. The molecule has 6 nitrogen and oxygen atoms in total. The maximum absolute atomic E-state index is 11.5. The van der Waals surface area contributed by atoms with Crippen molar-refractivity contribution in [2.24, 2.45) is 0 Å². The van der Waals surface area contributed by atoms with Gasteiger partial charge in [-0.25, -0.2) is 15.0 Å². The van der Waals surface area contributed by atoms with Crippen LogP contribution in [0.3, 0.4) is 0 Å². The number of hydrogen-bond acceptors (Lipinski definition) is 7. The van der Waals surface area contributed by atoms with E-state index in [0.29, 0.717) is 41.4 Å². The van der Waals surface area contributed by atoms with E-state index in [0.717, 1.165) is 5.03 Å². The van der Waals surface area contributed by atoms with Crippen molar-refractivity contribution in [3.05, 3.63) is 11.6 Å². The fraction of sp³-hybridized carbons (Fsp3) is 0.455. The Hall–Kier alpha value is -0.830. The Morgan fingerprint density at radius 2 is 2.00 bits per heavy atom. The molecule has 9 heteroatoms. The quantitative estimate of drug-likeness (QED) is 0.356. The Labute approximate surface area is 128 Å². The molecule has 1 aliphatic heterocycles.